The molecular weight excluding hydrogens is 601 g/mol. The van der Waals surface area contributed by atoms with Crippen molar-refractivity contribution in [1.82, 2.24) is 4.98 Å². The van der Waals surface area contributed by atoms with Gasteiger partial charge in [0.1, 0.15) is 0 Å². The predicted molar refractivity (Wildman–Crippen MR) is 151 cm³/mol. The van der Waals surface area contributed by atoms with Gasteiger partial charge in [0.05, 0.1) is 26.7 Å². The van der Waals surface area contributed by atoms with Crippen molar-refractivity contribution < 1.29 is 42.6 Å². The van der Waals surface area contributed by atoms with Crippen molar-refractivity contribution in [3.8, 4) is 0 Å². The summed E-state index contributed by atoms with van der Waals surface area (Å²) in [4.78, 5) is 53.5. The number of aliphatic carboxylic acids is 1. The molecule has 1 saturated carbocycles. The quantitative estimate of drug-likeness (QED) is 0.249. The van der Waals surface area contributed by atoms with Gasteiger partial charge in [-0.15, -0.1) is 0 Å². The molecular formula is C27H20ClF3N4O6S. The lowest BCUT2D eigenvalue weighted by Gasteiger charge is -2.24. The third-order valence-corrected chi connectivity index (χ3v) is 7.29. The zero-order valence-electron chi connectivity index (χ0n) is 21.2. The van der Waals surface area contributed by atoms with E-state index in [9.17, 15) is 32.7 Å². The largest absolute Gasteiger partial charge is 0.490 e. The average molecular weight is 621 g/mol. The normalized spacial score (nSPS) is 15.9. The number of amides is 2. The van der Waals surface area contributed by atoms with Crippen molar-refractivity contribution in [3.63, 3.8) is 0 Å². The van der Waals surface area contributed by atoms with E-state index >= 15 is 0 Å². The first kappa shape index (κ1) is 30.5. The fourth-order valence-corrected chi connectivity index (χ4v) is 4.69. The van der Waals surface area contributed by atoms with Gasteiger partial charge in [-0.3, -0.25) is 14.6 Å². The maximum absolute atomic E-state index is 12.5. The van der Waals surface area contributed by atoms with E-state index in [1.54, 1.807) is 48.5 Å². The van der Waals surface area contributed by atoms with Crippen molar-refractivity contribution in [2.75, 3.05) is 10.6 Å². The number of pyridine rings is 1. The molecule has 1 aliphatic heterocycles. The first-order valence-corrected chi connectivity index (χ1v) is 13.3. The summed E-state index contributed by atoms with van der Waals surface area (Å²) in [5.74, 6) is -4.16. The third-order valence-electron chi connectivity index (χ3n) is 6.06. The van der Waals surface area contributed by atoms with Crippen LogP contribution in [-0.2, 0) is 14.4 Å². The SMILES string of the molecule is O=C(O)C(F)(F)F.O=C1N=C(Nc2cc(NC(=O)C3CCC3)ccc2Cl)S/C1=C\c1ccc2ncc(C(=O)O)cc2c1. The number of hydrogen-bond acceptors (Lipinski definition) is 7. The van der Waals surface area contributed by atoms with Crippen molar-refractivity contribution >= 4 is 80.6 Å². The molecule has 15 heteroatoms. The smallest absolute Gasteiger partial charge is 0.478 e. The topological polar surface area (TPSA) is 158 Å². The number of aromatic carboxylic acids is 1. The lowest BCUT2D eigenvalue weighted by Crippen LogP contribution is -2.28. The van der Waals surface area contributed by atoms with Gasteiger partial charge >= 0.3 is 18.1 Å². The molecule has 1 aliphatic carbocycles. The number of aliphatic imine (C=N–C) groups is 1. The number of nitrogens with zero attached hydrogens (tertiary/aromatic N) is 2. The Kier molecular flexibility index (Phi) is 9.17. The Hall–Kier alpha value is -4.43. The molecule has 42 heavy (non-hydrogen) atoms. The zero-order chi connectivity index (χ0) is 30.6. The molecule has 0 atom stereocenters. The summed E-state index contributed by atoms with van der Waals surface area (Å²) >= 11 is 7.48. The van der Waals surface area contributed by atoms with Crippen molar-refractivity contribution in [2.45, 2.75) is 25.4 Å². The molecule has 1 aromatic heterocycles. The second kappa shape index (κ2) is 12.6. The highest BCUT2D eigenvalue weighted by Crippen LogP contribution is 2.33. The number of alkyl halides is 3. The minimum Gasteiger partial charge on any atom is -0.478 e. The summed E-state index contributed by atoms with van der Waals surface area (Å²) in [5.41, 5.74) is 2.60. The molecule has 10 nitrogen and oxygen atoms in total. The van der Waals surface area contributed by atoms with Gasteiger partial charge in [-0.1, -0.05) is 24.1 Å². The molecule has 0 radical (unpaired) electrons. The molecule has 218 valence electrons. The van der Waals surface area contributed by atoms with Crippen LogP contribution in [-0.4, -0.2) is 50.3 Å². The van der Waals surface area contributed by atoms with Gasteiger partial charge in [-0.25, -0.2) is 9.59 Å². The van der Waals surface area contributed by atoms with Gasteiger partial charge in [0.15, 0.2) is 5.17 Å². The molecule has 4 N–H and O–H groups in total. The molecule has 2 heterocycles. The molecule has 0 unspecified atom stereocenters. The number of carboxylic acids is 2. The number of aromatic nitrogens is 1. The van der Waals surface area contributed by atoms with Crippen LogP contribution in [0.4, 0.5) is 24.5 Å². The van der Waals surface area contributed by atoms with Crippen LogP contribution in [0.15, 0.2) is 58.6 Å². The van der Waals surface area contributed by atoms with Crippen LogP contribution in [0.25, 0.3) is 17.0 Å². The minimum atomic E-state index is -5.08. The van der Waals surface area contributed by atoms with Crippen LogP contribution in [0, 0.1) is 5.92 Å². The Morgan fingerprint density at radius 3 is 2.40 bits per heavy atom. The van der Waals surface area contributed by atoms with Crippen LogP contribution >= 0.6 is 23.4 Å². The van der Waals surface area contributed by atoms with Gasteiger partial charge in [0.2, 0.25) is 5.91 Å². The summed E-state index contributed by atoms with van der Waals surface area (Å²) in [6.07, 6.45) is 0.804. The zero-order valence-corrected chi connectivity index (χ0v) is 22.8. The lowest BCUT2D eigenvalue weighted by atomic mass is 9.85. The monoisotopic (exact) mass is 620 g/mol. The molecule has 2 aliphatic rings. The summed E-state index contributed by atoms with van der Waals surface area (Å²) in [6.45, 7) is 0. The fourth-order valence-electron chi connectivity index (χ4n) is 3.70. The Labute approximate surface area is 244 Å². The highest BCUT2D eigenvalue weighted by molar-refractivity contribution is 8.18. The fraction of sp³-hybridized carbons (Fsp3) is 0.185. The van der Waals surface area contributed by atoms with E-state index in [2.05, 4.69) is 20.6 Å². The first-order chi connectivity index (χ1) is 19.8. The van der Waals surface area contributed by atoms with Crippen LogP contribution < -0.4 is 10.6 Å². The van der Waals surface area contributed by atoms with E-state index in [0.717, 1.165) is 31.0 Å². The number of benzene rings is 2. The summed E-state index contributed by atoms with van der Waals surface area (Å²) in [7, 11) is 0. The molecule has 0 saturated heterocycles. The second-order valence-electron chi connectivity index (χ2n) is 9.05. The number of anilines is 2. The molecule has 0 bridgehead atoms. The molecule has 3 aromatic rings. The van der Waals surface area contributed by atoms with Gasteiger partial charge in [0.25, 0.3) is 5.91 Å². The minimum absolute atomic E-state index is 0.00133. The van der Waals surface area contributed by atoms with Crippen LogP contribution in [0.3, 0.4) is 0 Å². The van der Waals surface area contributed by atoms with E-state index in [1.807, 2.05) is 0 Å². The number of amidine groups is 1. The highest BCUT2D eigenvalue weighted by Gasteiger charge is 2.38. The number of nitrogens with one attached hydrogen (secondary N) is 2. The number of thioether (sulfide) groups is 1. The Morgan fingerprint density at radius 1 is 1.07 bits per heavy atom. The molecule has 1 fully saturated rings. The highest BCUT2D eigenvalue weighted by atomic mass is 35.5. The van der Waals surface area contributed by atoms with Gasteiger partial charge in [0, 0.05) is 23.2 Å². The number of halogens is 4. The van der Waals surface area contributed by atoms with Gasteiger partial charge < -0.3 is 20.8 Å². The standard InChI is InChI=1S/C25H19ClN4O4S.C2HF3O2/c26-18-6-5-17(28-22(31)14-2-1-3-14)11-20(18)29-25-30-23(32)21(35-25)9-13-4-7-19-15(8-13)10-16(12-27-19)24(33)34;3-2(4,5)1(6)7/h4-12,14H,1-3H2,(H,28,31)(H,33,34)(H,29,30,32);(H,6,7)/b21-9-;. The van der Waals surface area contributed by atoms with Gasteiger partial charge in [-0.2, -0.15) is 18.2 Å². The lowest BCUT2D eigenvalue weighted by molar-refractivity contribution is -0.192. The summed E-state index contributed by atoms with van der Waals surface area (Å²) in [6, 6.07) is 12.0. The van der Waals surface area contributed by atoms with Crippen LogP contribution in [0.1, 0.15) is 35.2 Å². The Bertz CT molecular complexity index is 1660. The maximum Gasteiger partial charge on any atom is 0.490 e. The Morgan fingerprint density at radius 2 is 1.79 bits per heavy atom. The van der Waals surface area contributed by atoms with Crippen molar-refractivity contribution in [2.24, 2.45) is 10.9 Å². The molecule has 0 spiro atoms. The first-order valence-electron chi connectivity index (χ1n) is 12.1. The van der Waals surface area contributed by atoms with E-state index in [4.69, 9.17) is 21.5 Å². The number of rotatable bonds is 5. The molecule has 5 rings (SSSR count). The van der Waals surface area contributed by atoms with Crippen molar-refractivity contribution in [1.29, 1.82) is 0 Å². The summed E-state index contributed by atoms with van der Waals surface area (Å²) in [5, 5.41) is 23.7. The second-order valence-corrected chi connectivity index (χ2v) is 10.5. The number of hydrogen-bond donors (Lipinski definition) is 4. The average Bonchev–Trinajstić information content (AvgIpc) is 3.22. The van der Waals surface area contributed by atoms with E-state index in [0.29, 0.717) is 42.9 Å². The van der Waals surface area contributed by atoms with Gasteiger partial charge in [-0.05, 0) is 72.6 Å². The predicted octanol–water partition coefficient (Wildman–Crippen LogP) is 6.04. The molecule has 2 aromatic carbocycles. The number of fused-ring (bicyclic) bond motifs is 1. The number of carbonyl (C=O) groups is 4. The van der Waals surface area contributed by atoms with E-state index < -0.39 is 24.0 Å². The van der Waals surface area contributed by atoms with Crippen molar-refractivity contribution in [3.05, 3.63) is 69.7 Å². The van der Waals surface area contributed by atoms with Crippen LogP contribution in [0.5, 0.6) is 0 Å². The maximum atomic E-state index is 12.5. The third kappa shape index (κ3) is 7.64. The molecule has 2 amide bonds. The summed E-state index contributed by atoms with van der Waals surface area (Å²) < 4.78 is 31.7. The number of carbonyl (C=O) groups excluding carboxylic acids is 2. The van der Waals surface area contributed by atoms with E-state index in [-0.39, 0.29) is 17.4 Å². The number of carboxylic acid groups (broad SMARTS) is 2. The van der Waals surface area contributed by atoms with E-state index in [1.165, 1.54) is 6.20 Å². The van der Waals surface area contributed by atoms with Crippen LogP contribution in [0.2, 0.25) is 5.02 Å². The Balaban J connectivity index is 0.000000517.